The molecule has 0 unspecified atom stereocenters. The van der Waals surface area contributed by atoms with Crippen LogP contribution in [0.2, 0.25) is 0 Å². The van der Waals surface area contributed by atoms with Crippen molar-refractivity contribution in [3.05, 3.63) is 51.1 Å². The van der Waals surface area contributed by atoms with Gasteiger partial charge in [-0.1, -0.05) is 30.3 Å². The quantitative estimate of drug-likeness (QED) is 0.732. The summed E-state index contributed by atoms with van der Waals surface area (Å²) in [6.07, 6.45) is 2.10. The fourth-order valence-corrected chi connectivity index (χ4v) is 3.11. The minimum absolute atomic E-state index is 0.402. The number of fused-ring (bicyclic) bond motifs is 3. The molecule has 0 aliphatic heterocycles. The van der Waals surface area contributed by atoms with Crippen LogP contribution in [0.25, 0.3) is 11.1 Å². The molecule has 0 radical (unpaired) electrons. The Morgan fingerprint density at radius 2 is 1.75 bits per heavy atom. The van der Waals surface area contributed by atoms with Crippen LogP contribution in [-0.2, 0) is 12.8 Å². The average Bonchev–Trinajstić information content (AvgIpc) is 2.33. The number of aryl methyl sites for hydroxylation is 1. The Kier molecular flexibility index (Phi) is 2.39. The molecular weight excluding hydrogens is 311 g/mol. The van der Waals surface area contributed by atoms with Gasteiger partial charge in [-0.3, -0.25) is 0 Å². The molecule has 0 bridgehead atoms. The first-order chi connectivity index (χ1) is 7.77. The molecule has 2 heteroatoms. The lowest BCUT2D eigenvalue weighted by Gasteiger charge is -2.21. The Hall–Kier alpha value is -1.03. The number of aromatic hydroxyl groups is 1. The fraction of sp³-hybridized carbons (Fsp3) is 0.143. The normalized spacial score (nSPS) is 13.1. The van der Waals surface area contributed by atoms with Crippen molar-refractivity contribution >= 4 is 22.6 Å². The third kappa shape index (κ3) is 1.44. The van der Waals surface area contributed by atoms with Crippen LogP contribution < -0.4 is 0 Å². The van der Waals surface area contributed by atoms with E-state index in [0.29, 0.717) is 5.75 Å². The van der Waals surface area contributed by atoms with E-state index in [1.807, 2.05) is 6.07 Å². The van der Waals surface area contributed by atoms with Crippen molar-refractivity contribution in [1.82, 2.24) is 0 Å². The zero-order valence-corrected chi connectivity index (χ0v) is 10.9. The summed E-state index contributed by atoms with van der Waals surface area (Å²) in [6.45, 7) is 0. The molecule has 0 fully saturated rings. The van der Waals surface area contributed by atoms with E-state index in [4.69, 9.17) is 0 Å². The predicted octanol–water partition coefficient (Wildman–Crippen LogP) is 3.76. The molecule has 1 nitrogen and oxygen atoms in total. The lowest BCUT2D eigenvalue weighted by molar-refractivity contribution is 0.470. The van der Waals surface area contributed by atoms with Crippen LogP contribution in [-0.4, -0.2) is 5.11 Å². The number of phenols is 1. The second-order valence-corrected chi connectivity index (χ2v) is 5.16. The molecule has 3 rings (SSSR count). The highest BCUT2D eigenvalue weighted by molar-refractivity contribution is 14.1. The second kappa shape index (κ2) is 3.77. The Morgan fingerprint density at radius 3 is 2.62 bits per heavy atom. The van der Waals surface area contributed by atoms with Crippen LogP contribution in [0.5, 0.6) is 5.75 Å². The Morgan fingerprint density at radius 1 is 0.938 bits per heavy atom. The summed E-state index contributed by atoms with van der Waals surface area (Å²) in [7, 11) is 0. The van der Waals surface area contributed by atoms with Gasteiger partial charge in [0.15, 0.2) is 0 Å². The van der Waals surface area contributed by atoms with Crippen molar-refractivity contribution in [2.24, 2.45) is 0 Å². The molecule has 0 saturated carbocycles. The number of phenolic OH excluding ortho intramolecular Hbond substituents is 1. The molecule has 80 valence electrons. The maximum Gasteiger partial charge on any atom is 0.129 e. The third-order valence-electron chi connectivity index (χ3n) is 3.17. The first kappa shape index (κ1) is 10.1. The van der Waals surface area contributed by atoms with Crippen molar-refractivity contribution in [3.8, 4) is 16.9 Å². The van der Waals surface area contributed by atoms with Crippen molar-refractivity contribution in [2.75, 3.05) is 0 Å². The van der Waals surface area contributed by atoms with Gasteiger partial charge in [-0.15, -0.1) is 0 Å². The van der Waals surface area contributed by atoms with Gasteiger partial charge in [0.2, 0.25) is 0 Å². The molecule has 0 heterocycles. The number of benzene rings is 2. The smallest absolute Gasteiger partial charge is 0.129 e. The van der Waals surface area contributed by atoms with Crippen molar-refractivity contribution in [1.29, 1.82) is 0 Å². The van der Waals surface area contributed by atoms with Crippen molar-refractivity contribution in [2.45, 2.75) is 12.8 Å². The zero-order valence-electron chi connectivity index (χ0n) is 8.70. The van der Waals surface area contributed by atoms with Crippen LogP contribution in [0, 0.1) is 3.57 Å². The molecule has 16 heavy (non-hydrogen) atoms. The van der Waals surface area contributed by atoms with E-state index in [1.165, 1.54) is 22.3 Å². The molecule has 2 aromatic carbocycles. The zero-order chi connectivity index (χ0) is 11.1. The van der Waals surface area contributed by atoms with Gasteiger partial charge in [-0.2, -0.15) is 0 Å². The minimum atomic E-state index is 0.402. The molecule has 0 amide bonds. The van der Waals surface area contributed by atoms with Crippen LogP contribution in [0.15, 0.2) is 36.4 Å². The largest absolute Gasteiger partial charge is 0.507 e. The summed E-state index contributed by atoms with van der Waals surface area (Å²) in [5.41, 5.74) is 5.31. The molecule has 0 atom stereocenters. The summed E-state index contributed by atoms with van der Waals surface area (Å²) >= 11 is 2.24. The lowest BCUT2D eigenvalue weighted by atomic mass is 9.86. The average molecular weight is 322 g/mol. The summed E-state index contributed by atoms with van der Waals surface area (Å²) < 4.78 is 1.00. The first-order valence-corrected chi connectivity index (χ1v) is 6.44. The maximum atomic E-state index is 9.72. The van der Waals surface area contributed by atoms with Gasteiger partial charge < -0.3 is 5.11 Å². The summed E-state index contributed by atoms with van der Waals surface area (Å²) in [6, 6.07) is 12.4. The van der Waals surface area contributed by atoms with Gasteiger partial charge in [-0.05, 0) is 63.8 Å². The molecule has 1 aliphatic rings. The number of halogens is 1. The van der Waals surface area contributed by atoms with E-state index in [1.54, 1.807) is 6.07 Å². The van der Waals surface area contributed by atoms with Gasteiger partial charge in [-0.25, -0.2) is 0 Å². The Bertz CT molecular complexity index is 561. The minimum Gasteiger partial charge on any atom is -0.507 e. The van der Waals surface area contributed by atoms with Gasteiger partial charge in [0.25, 0.3) is 0 Å². The fourth-order valence-electron chi connectivity index (χ4n) is 2.37. The highest BCUT2D eigenvalue weighted by Gasteiger charge is 2.18. The SMILES string of the molecule is Oc1ccc2c(c1I)CCc1ccccc1-2. The summed E-state index contributed by atoms with van der Waals surface area (Å²) in [4.78, 5) is 0. The topological polar surface area (TPSA) is 20.2 Å². The summed E-state index contributed by atoms with van der Waals surface area (Å²) in [5.74, 6) is 0.402. The molecule has 2 aromatic rings. The summed E-state index contributed by atoms with van der Waals surface area (Å²) in [5, 5.41) is 9.72. The van der Waals surface area contributed by atoms with E-state index >= 15 is 0 Å². The maximum absolute atomic E-state index is 9.72. The number of hydrogen-bond acceptors (Lipinski definition) is 1. The van der Waals surface area contributed by atoms with E-state index in [9.17, 15) is 5.11 Å². The van der Waals surface area contributed by atoms with E-state index < -0.39 is 0 Å². The monoisotopic (exact) mass is 322 g/mol. The Labute approximate surface area is 108 Å². The van der Waals surface area contributed by atoms with Crippen LogP contribution in [0.1, 0.15) is 11.1 Å². The predicted molar refractivity (Wildman–Crippen MR) is 73.7 cm³/mol. The molecule has 0 saturated heterocycles. The van der Waals surface area contributed by atoms with E-state index in [0.717, 1.165) is 16.4 Å². The van der Waals surface area contributed by atoms with Crippen LogP contribution >= 0.6 is 22.6 Å². The molecule has 1 N–H and O–H groups in total. The lowest BCUT2D eigenvalue weighted by Crippen LogP contribution is -2.05. The first-order valence-electron chi connectivity index (χ1n) is 5.36. The number of rotatable bonds is 0. The van der Waals surface area contributed by atoms with Gasteiger partial charge >= 0.3 is 0 Å². The van der Waals surface area contributed by atoms with Gasteiger partial charge in [0, 0.05) is 0 Å². The highest BCUT2D eigenvalue weighted by atomic mass is 127. The van der Waals surface area contributed by atoms with Gasteiger partial charge in [0.1, 0.15) is 5.75 Å². The van der Waals surface area contributed by atoms with Crippen molar-refractivity contribution in [3.63, 3.8) is 0 Å². The second-order valence-electron chi connectivity index (χ2n) is 4.08. The number of hydrogen-bond donors (Lipinski definition) is 1. The van der Waals surface area contributed by atoms with Gasteiger partial charge in [0.05, 0.1) is 3.57 Å². The molecule has 0 aromatic heterocycles. The van der Waals surface area contributed by atoms with Crippen molar-refractivity contribution < 1.29 is 5.11 Å². The molecular formula is C14H11IO. The molecule has 0 spiro atoms. The van der Waals surface area contributed by atoms with Crippen LogP contribution in [0.4, 0.5) is 0 Å². The molecule has 1 aliphatic carbocycles. The Balaban J connectivity index is 2.30. The van der Waals surface area contributed by atoms with E-state index in [2.05, 4.69) is 46.9 Å². The highest BCUT2D eigenvalue weighted by Crippen LogP contribution is 2.38. The standard InChI is InChI=1S/C14H11IO/c15-14-12-6-5-9-3-1-2-4-10(9)11(12)7-8-13(14)16/h1-4,7-8,16H,5-6H2. The third-order valence-corrected chi connectivity index (χ3v) is 4.38. The van der Waals surface area contributed by atoms with Crippen LogP contribution in [0.3, 0.4) is 0 Å². The van der Waals surface area contributed by atoms with E-state index in [-0.39, 0.29) is 0 Å².